The summed E-state index contributed by atoms with van der Waals surface area (Å²) in [5.74, 6) is -3.27. The summed E-state index contributed by atoms with van der Waals surface area (Å²) in [4.78, 5) is 20.8. The average molecular weight is 274 g/mol. The lowest BCUT2D eigenvalue weighted by atomic mass is 10.1. The lowest BCUT2D eigenvalue weighted by Gasteiger charge is -2.06. The predicted octanol–water partition coefficient (Wildman–Crippen LogP) is 1.64. The van der Waals surface area contributed by atoms with Crippen molar-refractivity contribution in [1.82, 2.24) is 5.32 Å². The third-order valence-electron chi connectivity index (χ3n) is 2.21. The largest absolute Gasteiger partial charge is 0.380 e. The number of nitro groups is 1. The van der Waals surface area contributed by atoms with Crippen LogP contribution in [0.4, 0.5) is 14.5 Å². The Balaban J connectivity index is 2.81. The second-order valence-electron chi connectivity index (χ2n) is 3.49. The summed E-state index contributed by atoms with van der Waals surface area (Å²) >= 11 is 0. The van der Waals surface area contributed by atoms with E-state index in [1.165, 1.54) is 0 Å². The number of nitrogens with zero attached hydrogens (tertiary/aromatic N) is 1. The van der Waals surface area contributed by atoms with Gasteiger partial charge < -0.3 is 10.1 Å². The first kappa shape index (κ1) is 15.0. The van der Waals surface area contributed by atoms with Gasteiger partial charge in [-0.05, 0) is 13.0 Å². The van der Waals surface area contributed by atoms with Crippen molar-refractivity contribution in [3.05, 3.63) is 39.4 Å². The first-order valence-electron chi connectivity index (χ1n) is 5.46. The van der Waals surface area contributed by atoms with Crippen molar-refractivity contribution < 1.29 is 23.2 Å². The van der Waals surface area contributed by atoms with Gasteiger partial charge in [-0.15, -0.1) is 0 Å². The highest BCUT2D eigenvalue weighted by Gasteiger charge is 2.21. The predicted molar refractivity (Wildman–Crippen MR) is 61.8 cm³/mol. The van der Waals surface area contributed by atoms with E-state index in [2.05, 4.69) is 5.32 Å². The summed E-state index contributed by atoms with van der Waals surface area (Å²) in [5.41, 5.74) is -1.59. The molecular weight excluding hydrogens is 262 g/mol. The molecule has 0 aliphatic carbocycles. The van der Waals surface area contributed by atoms with Gasteiger partial charge in [0.15, 0.2) is 0 Å². The van der Waals surface area contributed by atoms with Crippen LogP contribution >= 0.6 is 0 Å². The third-order valence-corrected chi connectivity index (χ3v) is 2.21. The van der Waals surface area contributed by atoms with Crippen molar-refractivity contribution in [2.24, 2.45) is 0 Å². The highest BCUT2D eigenvalue weighted by molar-refractivity contribution is 5.94. The number of carbonyl (C=O) groups is 1. The maximum Gasteiger partial charge on any atom is 0.307 e. The van der Waals surface area contributed by atoms with Crippen molar-refractivity contribution >= 4 is 11.6 Å². The van der Waals surface area contributed by atoms with Gasteiger partial charge in [0.1, 0.15) is 5.82 Å². The Labute approximate surface area is 107 Å². The van der Waals surface area contributed by atoms with Crippen LogP contribution < -0.4 is 5.32 Å². The summed E-state index contributed by atoms with van der Waals surface area (Å²) in [7, 11) is 0. The lowest BCUT2D eigenvalue weighted by Crippen LogP contribution is -2.28. The Bertz CT molecular complexity index is 494. The summed E-state index contributed by atoms with van der Waals surface area (Å²) in [6.07, 6.45) is 0. The smallest absolute Gasteiger partial charge is 0.307 e. The van der Waals surface area contributed by atoms with Crippen LogP contribution in [0.25, 0.3) is 0 Å². The molecule has 1 aromatic carbocycles. The zero-order valence-electron chi connectivity index (χ0n) is 10.1. The summed E-state index contributed by atoms with van der Waals surface area (Å²) in [5, 5.41) is 12.7. The van der Waals surface area contributed by atoms with Crippen molar-refractivity contribution in [2.75, 3.05) is 19.8 Å². The number of hydrogen-bond donors (Lipinski definition) is 1. The van der Waals surface area contributed by atoms with E-state index in [0.29, 0.717) is 18.7 Å². The molecule has 0 aliphatic heterocycles. The minimum Gasteiger partial charge on any atom is -0.380 e. The van der Waals surface area contributed by atoms with E-state index in [-0.39, 0.29) is 13.2 Å². The monoisotopic (exact) mass is 274 g/mol. The molecule has 0 unspecified atom stereocenters. The van der Waals surface area contributed by atoms with Crippen LogP contribution in [0.15, 0.2) is 12.1 Å². The van der Waals surface area contributed by atoms with Gasteiger partial charge in [-0.3, -0.25) is 14.9 Å². The normalized spacial score (nSPS) is 10.3. The lowest BCUT2D eigenvalue weighted by molar-refractivity contribution is -0.387. The van der Waals surface area contributed by atoms with Gasteiger partial charge in [-0.25, -0.2) is 4.39 Å². The van der Waals surface area contributed by atoms with Gasteiger partial charge in [0.25, 0.3) is 5.91 Å². The molecule has 0 spiro atoms. The molecule has 19 heavy (non-hydrogen) atoms. The summed E-state index contributed by atoms with van der Waals surface area (Å²) in [6, 6.07) is 0.885. The van der Waals surface area contributed by atoms with Crippen LogP contribution in [0, 0.1) is 21.7 Å². The van der Waals surface area contributed by atoms with E-state index in [0.717, 1.165) is 0 Å². The van der Waals surface area contributed by atoms with Gasteiger partial charge in [-0.1, -0.05) is 0 Å². The van der Waals surface area contributed by atoms with E-state index < -0.39 is 33.7 Å². The molecule has 1 rings (SSSR count). The number of nitrogens with one attached hydrogen (secondary N) is 1. The second-order valence-corrected chi connectivity index (χ2v) is 3.49. The van der Waals surface area contributed by atoms with Crippen molar-refractivity contribution in [2.45, 2.75) is 6.92 Å². The van der Waals surface area contributed by atoms with Gasteiger partial charge in [0.2, 0.25) is 5.82 Å². The fourth-order valence-electron chi connectivity index (χ4n) is 1.33. The van der Waals surface area contributed by atoms with Gasteiger partial charge in [0, 0.05) is 13.2 Å². The molecule has 1 aromatic rings. The molecule has 0 fully saturated rings. The first-order chi connectivity index (χ1) is 8.97. The zero-order chi connectivity index (χ0) is 14.4. The Kier molecular flexibility index (Phi) is 5.31. The molecule has 0 aliphatic rings. The molecule has 0 aromatic heterocycles. The minimum absolute atomic E-state index is 0.130. The van der Waals surface area contributed by atoms with Crippen LogP contribution in [0.2, 0.25) is 0 Å². The first-order valence-corrected chi connectivity index (χ1v) is 5.46. The molecule has 8 heteroatoms. The number of halogens is 2. The van der Waals surface area contributed by atoms with Gasteiger partial charge >= 0.3 is 5.69 Å². The number of amides is 1. The van der Waals surface area contributed by atoms with Crippen LogP contribution in [-0.2, 0) is 4.74 Å². The van der Waals surface area contributed by atoms with Gasteiger partial charge in [0.05, 0.1) is 23.2 Å². The Morgan fingerprint density at radius 3 is 2.68 bits per heavy atom. The van der Waals surface area contributed by atoms with Crippen LogP contribution in [0.5, 0.6) is 0 Å². The number of rotatable bonds is 6. The van der Waals surface area contributed by atoms with Crippen molar-refractivity contribution in [1.29, 1.82) is 0 Å². The Morgan fingerprint density at radius 1 is 1.42 bits per heavy atom. The molecule has 1 amide bonds. The molecular formula is C11H12F2N2O4. The molecule has 6 nitrogen and oxygen atoms in total. The molecule has 104 valence electrons. The molecule has 0 saturated carbocycles. The van der Waals surface area contributed by atoms with E-state index in [9.17, 15) is 23.7 Å². The number of ether oxygens (including phenoxy) is 1. The highest BCUT2D eigenvalue weighted by Crippen LogP contribution is 2.21. The third kappa shape index (κ3) is 3.95. The average Bonchev–Trinajstić information content (AvgIpc) is 2.36. The SMILES string of the molecule is CCOCCNC(=O)c1cc(F)c([N+](=O)[O-])cc1F. The highest BCUT2D eigenvalue weighted by atomic mass is 19.1. The molecule has 0 saturated heterocycles. The fraction of sp³-hybridized carbons (Fsp3) is 0.364. The molecule has 1 N–H and O–H groups in total. The number of benzene rings is 1. The van der Waals surface area contributed by atoms with Crippen molar-refractivity contribution in [3.8, 4) is 0 Å². The molecule has 0 bridgehead atoms. The molecule has 0 radical (unpaired) electrons. The summed E-state index contributed by atoms with van der Waals surface area (Å²) in [6.45, 7) is 2.60. The maximum atomic E-state index is 13.5. The second kappa shape index (κ2) is 6.74. The topological polar surface area (TPSA) is 81.5 Å². The van der Waals surface area contributed by atoms with Gasteiger partial charge in [-0.2, -0.15) is 4.39 Å². The maximum absolute atomic E-state index is 13.5. The summed E-state index contributed by atoms with van der Waals surface area (Å²) < 4.78 is 31.7. The van der Waals surface area contributed by atoms with E-state index in [1.807, 2.05) is 0 Å². The number of carbonyl (C=O) groups excluding carboxylic acids is 1. The zero-order valence-corrected chi connectivity index (χ0v) is 10.1. The van der Waals surface area contributed by atoms with Crippen molar-refractivity contribution in [3.63, 3.8) is 0 Å². The number of hydrogen-bond acceptors (Lipinski definition) is 4. The standard InChI is InChI=1S/C11H12F2N2O4/c1-2-19-4-3-14-11(16)7-5-9(13)10(15(17)18)6-8(7)12/h5-6H,2-4H2,1H3,(H,14,16). The van der Waals surface area contributed by atoms with Crippen LogP contribution in [0.1, 0.15) is 17.3 Å². The van der Waals surface area contributed by atoms with Crippen LogP contribution in [-0.4, -0.2) is 30.6 Å². The number of nitro benzene ring substituents is 1. The molecule has 0 heterocycles. The Hall–Kier alpha value is -2.09. The minimum atomic E-state index is -1.26. The molecule has 0 atom stereocenters. The quantitative estimate of drug-likeness (QED) is 0.485. The fourth-order valence-corrected chi connectivity index (χ4v) is 1.33. The van der Waals surface area contributed by atoms with E-state index in [4.69, 9.17) is 4.74 Å². The van der Waals surface area contributed by atoms with E-state index in [1.54, 1.807) is 6.92 Å². The Morgan fingerprint density at radius 2 is 2.11 bits per heavy atom. The van der Waals surface area contributed by atoms with Crippen LogP contribution in [0.3, 0.4) is 0 Å². The van der Waals surface area contributed by atoms with E-state index >= 15 is 0 Å².